The van der Waals surface area contributed by atoms with Crippen LogP contribution in [0.15, 0.2) is 206 Å². The van der Waals surface area contributed by atoms with Gasteiger partial charge in [0.25, 0.3) is 0 Å². The molecule has 0 spiro atoms. The molecule has 0 N–H and O–H groups in total. The molecule has 10 aromatic rings. The van der Waals surface area contributed by atoms with E-state index < -0.39 is 0 Å². The van der Waals surface area contributed by atoms with Gasteiger partial charge in [0.05, 0.1) is 0 Å². The van der Waals surface area contributed by atoms with Crippen LogP contribution in [0.4, 0.5) is 0 Å². The Kier molecular flexibility index (Phi) is 7.25. The van der Waals surface area contributed by atoms with Crippen LogP contribution >= 0.6 is 0 Å². The van der Waals surface area contributed by atoms with Gasteiger partial charge in [0, 0.05) is 0 Å². The van der Waals surface area contributed by atoms with Gasteiger partial charge in [-0.05, 0) is 111 Å². The Morgan fingerprint density at radius 1 is 0.212 bits per heavy atom. The van der Waals surface area contributed by atoms with Gasteiger partial charge in [-0.3, -0.25) is 0 Å². The lowest BCUT2D eigenvalue weighted by atomic mass is 9.82. The Balaban J connectivity index is 1.27. The molecule has 0 aliphatic rings. The molecule has 0 nitrogen and oxygen atoms in total. The summed E-state index contributed by atoms with van der Waals surface area (Å²) in [4.78, 5) is 0. The Labute approximate surface area is 303 Å². The average molecular weight is 659 g/mol. The van der Waals surface area contributed by atoms with Gasteiger partial charge in [0.2, 0.25) is 0 Å². The number of hydrogen-bond donors (Lipinski definition) is 0. The molecule has 10 rings (SSSR count). The van der Waals surface area contributed by atoms with Crippen molar-refractivity contribution in [1.82, 2.24) is 0 Å². The largest absolute Gasteiger partial charge is 0.0622 e. The van der Waals surface area contributed by atoms with Crippen molar-refractivity contribution in [3.8, 4) is 55.6 Å². The monoisotopic (exact) mass is 658 g/mol. The number of benzene rings is 10. The highest BCUT2D eigenvalue weighted by Crippen LogP contribution is 2.48. The van der Waals surface area contributed by atoms with Gasteiger partial charge < -0.3 is 0 Å². The summed E-state index contributed by atoms with van der Waals surface area (Å²) >= 11 is 0. The minimum Gasteiger partial charge on any atom is -0.0622 e. The molecule has 0 aliphatic carbocycles. The van der Waals surface area contributed by atoms with Crippen LogP contribution in [0.5, 0.6) is 0 Å². The molecule has 0 saturated carbocycles. The van der Waals surface area contributed by atoms with Crippen molar-refractivity contribution in [1.29, 1.82) is 0 Å². The summed E-state index contributed by atoms with van der Waals surface area (Å²) in [6.45, 7) is 0. The smallest absolute Gasteiger partial charge is 0.00141 e. The van der Waals surface area contributed by atoms with Crippen molar-refractivity contribution < 1.29 is 0 Å². The maximum Gasteiger partial charge on any atom is -0.00141 e. The first-order chi connectivity index (χ1) is 25.8. The molecular formula is C52H34. The van der Waals surface area contributed by atoms with Crippen LogP contribution < -0.4 is 0 Å². The third-order valence-corrected chi connectivity index (χ3v) is 10.6. The summed E-state index contributed by atoms with van der Waals surface area (Å²) in [6, 6.07) is 75.6. The third-order valence-electron chi connectivity index (χ3n) is 10.6. The lowest BCUT2D eigenvalue weighted by Gasteiger charge is -2.21. The van der Waals surface area contributed by atoms with Gasteiger partial charge >= 0.3 is 0 Å². The lowest BCUT2D eigenvalue weighted by molar-refractivity contribution is 1.60. The average Bonchev–Trinajstić information content (AvgIpc) is 3.23. The minimum atomic E-state index is 1.21. The molecule has 52 heavy (non-hydrogen) atoms. The van der Waals surface area contributed by atoms with Crippen LogP contribution in [0.25, 0.3) is 98.7 Å². The molecule has 0 saturated heterocycles. The zero-order valence-electron chi connectivity index (χ0n) is 28.6. The van der Waals surface area contributed by atoms with E-state index >= 15 is 0 Å². The fraction of sp³-hybridized carbons (Fsp3) is 0. The molecule has 0 unspecified atom stereocenters. The van der Waals surface area contributed by atoms with E-state index in [1.807, 2.05) is 0 Å². The van der Waals surface area contributed by atoms with Crippen LogP contribution in [-0.2, 0) is 0 Å². The van der Waals surface area contributed by atoms with E-state index in [9.17, 15) is 0 Å². The van der Waals surface area contributed by atoms with E-state index in [2.05, 4.69) is 206 Å². The Bertz CT molecular complexity index is 2930. The maximum atomic E-state index is 2.35. The molecule has 0 heteroatoms. The second-order valence-corrected chi connectivity index (χ2v) is 13.6. The molecule has 0 radical (unpaired) electrons. The summed E-state index contributed by atoms with van der Waals surface area (Å²) in [6.07, 6.45) is 0. The molecular weight excluding hydrogens is 625 g/mol. The number of fused-ring (bicyclic) bond motifs is 4. The minimum absolute atomic E-state index is 1.21. The van der Waals surface area contributed by atoms with E-state index in [-0.39, 0.29) is 0 Å². The normalized spacial score (nSPS) is 11.5. The molecule has 0 atom stereocenters. The van der Waals surface area contributed by atoms with Gasteiger partial charge in [-0.2, -0.15) is 0 Å². The first kappa shape index (κ1) is 30.1. The van der Waals surface area contributed by atoms with Crippen molar-refractivity contribution in [3.05, 3.63) is 206 Å². The SMILES string of the molecule is c1ccc(-c2cccc(-c3cccc4c(-c5cccc6ccccc56)c5ccccc5c(-c5ccc(-c6ccc7ccccc7c6)cc5)c34)c2)cc1. The summed E-state index contributed by atoms with van der Waals surface area (Å²) in [5, 5.41) is 10.1. The summed E-state index contributed by atoms with van der Waals surface area (Å²) in [5.41, 5.74) is 12.3. The molecule has 0 fully saturated rings. The molecule has 0 aliphatic heterocycles. The zero-order valence-corrected chi connectivity index (χ0v) is 28.6. The summed E-state index contributed by atoms with van der Waals surface area (Å²) in [5.74, 6) is 0. The summed E-state index contributed by atoms with van der Waals surface area (Å²) in [7, 11) is 0. The van der Waals surface area contributed by atoms with Crippen molar-refractivity contribution in [2.45, 2.75) is 0 Å². The van der Waals surface area contributed by atoms with Gasteiger partial charge in [-0.15, -0.1) is 0 Å². The Hall–Kier alpha value is -6.76. The molecule has 10 aromatic carbocycles. The first-order valence-electron chi connectivity index (χ1n) is 18.0. The predicted octanol–water partition coefficient (Wildman–Crippen LogP) is 14.6. The number of rotatable bonds is 5. The van der Waals surface area contributed by atoms with Gasteiger partial charge in [-0.1, -0.05) is 194 Å². The highest BCUT2D eigenvalue weighted by Gasteiger charge is 2.21. The van der Waals surface area contributed by atoms with Crippen molar-refractivity contribution in [3.63, 3.8) is 0 Å². The molecule has 0 aromatic heterocycles. The van der Waals surface area contributed by atoms with E-state index in [0.717, 1.165) is 0 Å². The van der Waals surface area contributed by atoms with E-state index in [1.165, 1.54) is 98.7 Å². The quantitative estimate of drug-likeness (QED) is 0.161. The van der Waals surface area contributed by atoms with E-state index in [0.29, 0.717) is 0 Å². The fourth-order valence-corrected chi connectivity index (χ4v) is 8.20. The van der Waals surface area contributed by atoms with Crippen LogP contribution in [0.2, 0.25) is 0 Å². The summed E-state index contributed by atoms with van der Waals surface area (Å²) < 4.78 is 0. The second kappa shape index (κ2) is 12.5. The molecule has 0 amide bonds. The third kappa shape index (κ3) is 5.08. The van der Waals surface area contributed by atoms with Gasteiger partial charge in [0.15, 0.2) is 0 Å². The maximum absolute atomic E-state index is 2.35. The zero-order chi connectivity index (χ0) is 34.4. The molecule has 242 valence electrons. The van der Waals surface area contributed by atoms with E-state index in [1.54, 1.807) is 0 Å². The van der Waals surface area contributed by atoms with Crippen LogP contribution in [0.3, 0.4) is 0 Å². The van der Waals surface area contributed by atoms with Gasteiger partial charge in [-0.25, -0.2) is 0 Å². The van der Waals surface area contributed by atoms with Crippen LogP contribution in [0, 0.1) is 0 Å². The fourth-order valence-electron chi connectivity index (χ4n) is 8.20. The Morgan fingerprint density at radius 2 is 0.712 bits per heavy atom. The highest BCUT2D eigenvalue weighted by atomic mass is 14.2. The molecule has 0 bridgehead atoms. The van der Waals surface area contributed by atoms with Gasteiger partial charge in [0.1, 0.15) is 0 Å². The van der Waals surface area contributed by atoms with Crippen LogP contribution in [-0.4, -0.2) is 0 Å². The predicted molar refractivity (Wildman–Crippen MR) is 224 cm³/mol. The number of hydrogen-bond acceptors (Lipinski definition) is 0. The molecule has 0 heterocycles. The topological polar surface area (TPSA) is 0 Å². The van der Waals surface area contributed by atoms with E-state index in [4.69, 9.17) is 0 Å². The van der Waals surface area contributed by atoms with Crippen LogP contribution in [0.1, 0.15) is 0 Å². The Morgan fingerprint density at radius 3 is 1.54 bits per heavy atom. The lowest BCUT2D eigenvalue weighted by Crippen LogP contribution is -1.94. The highest BCUT2D eigenvalue weighted by molar-refractivity contribution is 6.26. The van der Waals surface area contributed by atoms with Crippen molar-refractivity contribution >= 4 is 43.1 Å². The van der Waals surface area contributed by atoms with Crippen molar-refractivity contribution in [2.24, 2.45) is 0 Å². The van der Waals surface area contributed by atoms with Crippen molar-refractivity contribution in [2.75, 3.05) is 0 Å². The second-order valence-electron chi connectivity index (χ2n) is 13.6. The first-order valence-corrected chi connectivity index (χ1v) is 18.0. The standard InChI is InChI=1S/C52H34/c1-2-13-35(14-3-1)41-19-10-20-43(34-41)45-24-12-26-49-51(46-25-11-18-38-16-6-7-21-44(38)46)48-23-9-8-22-47(48)50(52(45)49)39-30-27-37(28-31-39)42-32-29-36-15-4-5-17-40(36)33-42/h1-34H.